The zero-order valence-corrected chi connectivity index (χ0v) is 26.2. The van der Waals surface area contributed by atoms with E-state index in [4.69, 9.17) is 13.7 Å². The molecular formula is C33H42FNO7S. The topological polar surface area (TPSA) is 108 Å². The van der Waals surface area contributed by atoms with Crippen LogP contribution in [0.5, 0.6) is 5.75 Å². The number of halogens is 1. The van der Waals surface area contributed by atoms with E-state index in [1.165, 1.54) is 6.08 Å². The first-order valence-corrected chi connectivity index (χ1v) is 16.3. The van der Waals surface area contributed by atoms with Gasteiger partial charge in [-0.3, -0.25) is 13.8 Å². The average Bonchev–Trinajstić information content (AvgIpc) is 3.75. The van der Waals surface area contributed by atoms with Crippen LogP contribution in [0.15, 0.2) is 49.6 Å². The number of ether oxygens (including phenoxy) is 2. The van der Waals surface area contributed by atoms with Crippen LogP contribution in [0.25, 0.3) is 11.1 Å². The van der Waals surface area contributed by atoms with Crippen LogP contribution in [0.3, 0.4) is 0 Å². The standard InChI is InChI=1S/C33H42FNO7S/c1-7-10-11-15-41-29-17-21(4)16-22(5)31(29)24-18-25(23-13-14-23)32(34)26(19-24)27(20-30(36)40-9-3)35-33(37)28(12-8-2)42-43(6,38)39/h7-8,16-19,23,27-28H,1-2,9-15,20H2,3-6H3,(H,35,37)/t27-,28+/m0/s1. The highest BCUT2D eigenvalue weighted by molar-refractivity contribution is 7.86. The van der Waals surface area contributed by atoms with Crippen LogP contribution in [0, 0.1) is 19.7 Å². The van der Waals surface area contributed by atoms with E-state index in [1.54, 1.807) is 13.0 Å². The summed E-state index contributed by atoms with van der Waals surface area (Å²) in [5, 5.41) is 2.67. The van der Waals surface area contributed by atoms with Crippen LogP contribution in [0.2, 0.25) is 0 Å². The Balaban J connectivity index is 2.15. The monoisotopic (exact) mass is 615 g/mol. The van der Waals surface area contributed by atoms with Crippen LogP contribution in [0.1, 0.15) is 79.7 Å². The van der Waals surface area contributed by atoms with Crippen molar-refractivity contribution in [2.45, 2.75) is 77.4 Å². The molecule has 0 aromatic heterocycles. The summed E-state index contributed by atoms with van der Waals surface area (Å²) in [7, 11) is -4.00. The fraction of sp³-hybridized carbons (Fsp3) is 0.455. The van der Waals surface area contributed by atoms with E-state index >= 15 is 4.39 Å². The lowest BCUT2D eigenvalue weighted by atomic mass is 9.90. The molecule has 43 heavy (non-hydrogen) atoms. The lowest BCUT2D eigenvalue weighted by Crippen LogP contribution is -2.40. The molecule has 3 rings (SSSR count). The highest BCUT2D eigenvalue weighted by Gasteiger charge is 2.33. The van der Waals surface area contributed by atoms with Gasteiger partial charge in [0.05, 0.1) is 31.9 Å². The van der Waals surface area contributed by atoms with Crippen molar-refractivity contribution in [1.82, 2.24) is 5.32 Å². The molecule has 1 saturated carbocycles. The quantitative estimate of drug-likeness (QED) is 0.0955. The van der Waals surface area contributed by atoms with Gasteiger partial charge in [0.1, 0.15) is 11.6 Å². The Morgan fingerprint density at radius 3 is 2.47 bits per heavy atom. The number of rotatable bonds is 17. The predicted octanol–water partition coefficient (Wildman–Crippen LogP) is 6.36. The predicted molar refractivity (Wildman–Crippen MR) is 165 cm³/mol. The smallest absolute Gasteiger partial charge is 0.308 e. The summed E-state index contributed by atoms with van der Waals surface area (Å²) in [6.45, 7) is 13.5. The second-order valence-corrected chi connectivity index (χ2v) is 12.5. The number of hydrogen-bond acceptors (Lipinski definition) is 7. The van der Waals surface area contributed by atoms with Crippen LogP contribution >= 0.6 is 0 Å². The molecule has 1 amide bonds. The van der Waals surface area contributed by atoms with Crippen molar-refractivity contribution in [1.29, 1.82) is 0 Å². The molecule has 8 nitrogen and oxygen atoms in total. The van der Waals surface area contributed by atoms with Gasteiger partial charge in [-0.2, -0.15) is 8.42 Å². The van der Waals surface area contributed by atoms with E-state index in [1.807, 2.05) is 38.1 Å². The summed E-state index contributed by atoms with van der Waals surface area (Å²) in [4.78, 5) is 26.0. The van der Waals surface area contributed by atoms with Gasteiger partial charge in [0.15, 0.2) is 6.10 Å². The minimum atomic E-state index is -4.00. The number of carbonyl (C=O) groups is 2. The van der Waals surface area contributed by atoms with E-state index in [0.717, 1.165) is 48.6 Å². The molecule has 0 aliphatic heterocycles. The van der Waals surface area contributed by atoms with Crippen molar-refractivity contribution in [3.05, 3.63) is 77.6 Å². The van der Waals surface area contributed by atoms with Gasteiger partial charge in [-0.1, -0.05) is 18.2 Å². The molecular weight excluding hydrogens is 573 g/mol. The molecule has 2 atom stereocenters. The largest absolute Gasteiger partial charge is 0.493 e. The van der Waals surface area contributed by atoms with Crippen molar-refractivity contribution in [2.24, 2.45) is 0 Å². The second-order valence-electron chi connectivity index (χ2n) is 10.9. The van der Waals surface area contributed by atoms with Gasteiger partial charge in [-0.15, -0.1) is 13.2 Å². The van der Waals surface area contributed by atoms with E-state index in [0.29, 0.717) is 23.5 Å². The molecule has 1 N–H and O–H groups in total. The fourth-order valence-corrected chi connectivity index (χ4v) is 5.61. The molecule has 1 aliphatic rings. The molecule has 0 unspecified atom stereocenters. The summed E-state index contributed by atoms with van der Waals surface area (Å²) < 4.78 is 56.3. The van der Waals surface area contributed by atoms with Gasteiger partial charge in [-0.05, 0) is 92.8 Å². The molecule has 2 aromatic rings. The van der Waals surface area contributed by atoms with E-state index in [9.17, 15) is 18.0 Å². The van der Waals surface area contributed by atoms with Gasteiger partial charge < -0.3 is 14.8 Å². The van der Waals surface area contributed by atoms with Gasteiger partial charge >= 0.3 is 5.97 Å². The molecule has 0 radical (unpaired) electrons. The maximum Gasteiger partial charge on any atom is 0.308 e. The van der Waals surface area contributed by atoms with Crippen LogP contribution in [-0.2, 0) is 28.6 Å². The van der Waals surface area contributed by atoms with Gasteiger partial charge in [0, 0.05) is 17.5 Å². The summed E-state index contributed by atoms with van der Waals surface area (Å²) in [5.74, 6) is -1.34. The third-order valence-electron chi connectivity index (χ3n) is 7.02. The number of unbranched alkanes of at least 4 members (excludes halogenated alkanes) is 1. The maximum atomic E-state index is 16.3. The number of hydrogen-bond donors (Lipinski definition) is 1. The summed E-state index contributed by atoms with van der Waals surface area (Å²) in [6, 6.07) is 6.24. The van der Waals surface area contributed by atoms with Crippen molar-refractivity contribution >= 4 is 22.0 Å². The van der Waals surface area contributed by atoms with E-state index < -0.39 is 40.0 Å². The van der Waals surface area contributed by atoms with Crippen LogP contribution in [0.4, 0.5) is 4.39 Å². The van der Waals surface area contributed by atoms with Crippen molar-refractivity contribution < 1.29 is 36.1 Å². The number of carbonyl (C=O) groups excluding carboxylic acids is 2. The Kier molecular flexibility index (Phi) is 12.1. The van der Waals surface area contributed by atoms with Crippen molar-refractivity contribution in [3.8, 4) is 16.9 Å². The van der Waals surface area contributed by atoms with Crippen LogP contribution in [-0.4, -0.2) is 45.9 Å². The number of allylic oxidation sites excluding steroid dienone is 1. The number of benzene rings is 2. The Labute approximate surface area is 254 Å². The molecule has 0 spiro atoms. The fourth-order valence-electron chi connectivity index (χ4n) is 5.02. The van der Waals surface area contributed by atoms with Crippen molar-refractivity contribution in [3.63, 3.8) is 0 Å². The first-order chi connectivity index (χ1) is 20.4. The summed E-state index contributed by atoms with van der Waals surface area (Å²) in [5.41, 5.74) is 4.00. The molecule has 1 aliphatic carbocycles. The van der Waals surface area contributed by atoms with Gasteiger partial charge in [0.2, 0.25) is 0 Å². The highest BCUT2D eigenvalue weighted by Crippen LogP contribution is 2.46. The number of amides is 1. The first kappa shape index (κ1) is 34.0. The molecule has 2 aromatic carbocycles. The first-order valence-electron chi connectivity index (χ1n) is 14.5. The third-order valence-corrected chi connectivity index (χ3v) is 7.60. The summed E-state index contributed by atoms with van der Waals surface area (Å²) >= 11 is 0. The Morgan fingerprint density at radius 1 is 1.14 bits per heavy atom. The number of esters is 1. The Hall–Kier alpha value is -3.50. The highest BCUT2D eigenvalue weighted by atomic mass is 32.2. The second kappa shape index (κ2) is 15.3. The molecule has 0 bridgehead atoms. The third kappa shape index (κ3) is 9.76. The lowest BCUT2D eigenvalue weighted by Gasteiger charge is -2.24. The Bertz CT molecular complexity index is 1450. The molecule has 10 heteroatoms. The number of aryl methyl sites for hydroxylation is 2. The SMILES string of the molecule is C=CCCCOc1cc(C)cc(C)c1-c1cc(C2CC2)c(F)c([C@H](CC(=O)OCC)NC(=O)[C@@H](CC=C)OS(C)(=O)=O)c1. The van der Waals surface area contributed by atoms with Gasteiger partial charge in [-0.25, -0.2) is 4.39 Å². The maximum absolute atomic E-state index is 16.3. The molecule has 234 valence electrons. The summed E-state index contributed by atoms with van der Waals surface area (Å²) in [6.07, 6.45) is 5.30. The normalized spacial score (nSPS) is 14.4. The van der Waals surface area contributed by atoms with Crippen molar-refractivity contribution in [2.75, 3.05) is 19.5 Å². The minimum absolute atomic E-state index is 0.00226. The zero-order valence-electron chi connectivity index (χ0n) is 25.4. The van der Waals surface area contributed by atoms with E-state index in [-0.39, 0.29) is 30.9 Å². The molecule has 1 fully saturated rings. The van der Waals surface area contributed by atoms with Gasteiger partial charge in [0.25, 0.3) is 16.0 Å². The van der Waals surface area contributed by atoms with Crippen LogP contribution < -0.4 is 10.1 Å². The molecule has 0 heterocycles. The number of nitrogens with one attached hydrogen (secondary N) is 1. The molecule has 0 saturated heterocycles. The average molecular weight is 616 g/mol. The minimum Gasteiger partial charge on any atom is -0.493 e. The Morgan fingerprint density at radius 2 is 1.86 bits per heavy atom. The van der Waals surface area contributed by atoms with E-state index in [2.05, 4.69) is 18.5 Å². The zero-order chi connectivity index (χ0) is 31.7. The lowest BCUT2D eigenvalue weighted by molar-refractivity contribution is -0.144.